The van der Waals surface area contributed by atoms with Crippen LogP contribution in [0.4, 0.5) is 0 Å². The van der Waals surface area contributed by atoms with Crippen LogP contribution in [0.3, 0.4) is 0 Å². The van der Waals surface area contributed by atoms with Crippen LogP contribution in [-0.2, 0) is 0 Å². The summed E-state index contributed by atoms with van der Waals surface area (Å²) in [7, 11) is 0. The minimum Gasteiger partial charge on any atom is -0.276 e. The summed E-state index contributed by atoms with van der Waals surface area (Å²) in [5.74, 6) is 0.295. The highest BCUT2D eigenvalue weighted by Crippen LogP contribution is 2.28. The van der Waals surface area contributed by atoms with E-state index in [1.807, 2.05) is 19.9 Å². The van der Waals surface area contributed by atoms with Gasteiger partial charge in [-0.25, -0.2) is 0 Å². The van der Waals surface area contributed by atoms with E-state index in [4.69, 9.17) is 23.2 Å². The smallest absolute Gasteiger partial charge is 0.253 e. The standard InChI is InChI=1S/C10H10Cl2O/c1-6(2)7-4-3-5-8(9(7)11)10(12)13/h3-6H,1-2H3. The molecule has 0 bridgehead atoms. The number of rotatable bonds is 2. The van der Waals surface area contributed by atoms with Crippen LogP contribution < -0.4 is 0 Å². The summed E-state index contributed by atoms with van der Waals surface area (Å²) in [5, 5.41) is -0.0370. The van der Waals surface area contributed by atoms with Crippen LogP contribution >= 0.6 is 23.2 Å². The van der Waals surface area contributed by atoms with Crippen LogP contribution in [0.5, 0.6) is 0 Å². The van der Waals surface area contributed by atoms with E-state index in [-0.39, 0.29) is 0 Å². The van der Waals surface area contributed by atoms with Crippen LogP contribution in [0, 0.1) is 0 Å². The van der Waals surface area contributed by atoms with E-state index in [2.05, 4.69) is 0 Å². The minimum atomic E-state index is -0.507. The zero-order chi connectivity index (χ0) is 10.0. The van der Waals surface area contributed by atoms with Gasteiger partial charge in [0.1, 0.15) is 0 Å². The Morgan fingerprint density at radius 2 is 2.00 bits per heavy atom. The number of hydrogen-bond acceptors (Lipinski definition) is 1. The summed E-state index contributed by atoms with van der Waals surface area (Å²) in [6.07, 6.45) is 0. The van der Waals surface area contributed by atoms with E-state index in [0.717, 1.165) is 5.56 Å². The molecule has 0 aliphatic heterocycles. The topological polar surface area (TPSA) is 17.1 Å². The fraction of sp³-hybridized carbons (Fsp3) is 0.300. The highest BCUT2D eigenvalue weighted by atomic mass is 35.5. The first-order chi connectivity index (χ1) is 6.04. The van der Waals surface area contributed by atoms with Crippen LogP contribution in [-0.4, -0.2) is 5.24 Å². The van der Waals surface area contributed by atoms with Gasteiger partial charge in [0.15, 0.2) is 0 Å². The fourth-order valence-corrected chi connectivity index (χ4v) is 1.78. The van der Waals surface area contributed by atoms with Crippen molar-refractivity contribution >= 4 is 28.4 Å². The summed E-state index contributed by atoms with van der Waals surface area (Å²) >= 11 is 11.4. The molecule has 0 saturated carbocycles. The lowest BCUT2D eigenvalue weighted by Crippen LogP contribution is -1.96. The summed E-state index contributed by atoms with van der Waals surface area (Å²) in [5.41, 5.74) is 1.34. The first kappa shape index (κ1) is 10.6. The molecule has 0 atom stereocenters. The van der Waals surface area contributed by atoms with Gasteiger partial charge in [-0.1, -0.05) is 37.6 Å². The Morgan fingerprint density at radius 1 is 1.38 bits per heavy atom. The summed E-state index contributed by atoms with van der Waals surface area (Å²) in [6, 6.07) is 5.32. The SMILES string of the molecule is CC(C)c1cccc(C(=O)Cl)c1Cl. The molecular formula is C10H10Cl2O. The molecule has 1 aromatic rings. The van der Waals surface area contributed by atoms with Crippen molar-refractivity contribution in [2.75, 3.05) is 0 Å². The third kappa shape index (κ3) is 2.23. The summed E-state index contributed by atoms with van der Waals surface area (Å²) in [4.78, 5) is 10.9. The monoisotopic (exact) mass is 216 g/mol. The van der Waals surface area contributed by atoms with Gasteiger partial charge in [0.05, 0.1) is 10.6 Å². The number of hydrogen-bond donors (Lipinski definition) is 0. The third-order valence-electron chi connectivity index (χ3n) is 1.86. The molecule has 0 radical (unpaired) electrons. The molecule has 0 aliphatic carbocycles. The summed E-state index contributed by atoms with van der Waals surface area (Å²) in [6.45, 7) is 4.04. The van der Waals surface area contributed by atoms with Crippen LogP contribution in [0.25, 0.3) is 0 Å². The molecule has 0 aromatic heterocycles. The highest BCUT2D eigenvalue weighted by Gasteiger charge is 2.12. The van der Waals surface area contributed by atoms with Gasteiger partial charge in [-0.3, -0.25) is 4.79 Å². The van der Waals surface area contributed by atoms with Gasteiger partial charge in [-0.05, 0) is 29.1 Å². The van der Waals surface area contributed by atoms with Gasteiger partial charge in [0.2, 0.25) is 0 Å². The van der Waals surface area contributed by atoms with Crippen LogP contribution in [0.1, 0.15) is 35.7 Å². The van der Waals surface area contributed by atoms with E-state index in [9.17, 15) is 4.79 Å². The van der Waals surface area contributed by atoms with Crippen molar-refractivity contribution in [3.8, 4) is 0 Å². The van der Waals surface area contributed by atoms with Crippen molar-refractivity contribution in [1.29, 1.82) is 0 Å². The lowest BCUT2D eigenvalue weighted by molar-refractivity contribution is 0.108. The molecule has 1 rings (SSSR count). The second-order valence-corrected chi connectivity index (χ2v) is 3.86. The largest absolute Gasteiger partial charge is 0.276 e. The Bertz CT molecular complexity index is 332. The molecule has 1 aromatic carbocycles. The molecule has 0 aliphatic rings. The number of benzene rings is 1. The molecule has 0 saturated heterocycles. The van der Waals surface area contributed by atoms with E-state index in [1.165, 1.54) is 0 Å². The second kappa shape index (κ2) is 4.12. The number of halogens is 2. The predicted molar refractivity (Wildman–Crippen MR) is 55.7 cm³/mol. The molecule has 0 heterocycles. The molecule has 0 spiro atoms. The predicted octanol–water partition coefficient (Wildman–Crippen LogP) is 3.84. The average Bonchev–Trinajstić information content (AvgIpc) is 2.03. The molecule has 0 fully saturated rings. The van der Waals surface area contributed by atoms with Crippen LogP contribution in [0.2, 0.25) is 5.02 Å². The van der Waals surface area contributed by atoms with Gasteiger partial charge < -0.3 is 0 Å². The van der Waals surface area contributed by atoms with Crippen molar-refractivity contribution in [2.24, 2.45) is 0 Å². The van der Waals surface area contributed by atoms with Gasteiger partial charge in [-0.2, -0.15) is 0 Å². The van der Waals surface area contributed by atoms with Crippen molar-refractivity contribution in [3.63, 3.8) is 0 Å². The summed E-state index contributed by atoms with van der Waals surface area (Å²) < 4.78 is 0. The first-order valence-corrected chi connectivity index (χ1v) is 4.78. The van der Waals surface area contributed by atoms with E-state index < -0.39 is 5.24 Å². The lowest BCUT2D eigenvalue weighted by atomic mass is 10.0. The minimum absolute atomic E-state index is 0.295. The molecule has 0 N–H and O–H groups in total. The van der Waals surface area contributed by atoms with Crippen LogP contribution in [0.15, 0.2) is 18.2 Å². The molecule has 3 heteroatoms. The zero-order valence-corrected chi connectivity index (χ0v) is 8.99. The third-order valence-corrected chi connectivity index (χ3v) is 2.49. The molecule has 0 unspecified atom stereocenters. The van der Waals surface area contributed by atoms with Gasteiger partial charge >= 0.3 is 0 Å². The number of carbonyl (C=O) groups excluding carboxylic acids is 1. The molecule has 1 nitrogen and oxygen atoms in total. The second-order valence-electron chi connectivity index (χ2n) is 3.14. The zero-order valence-electron chi connectivity index (χ0n) is 7.47. The van der Waals surface area contributed by atoms with Crippen molar-refractivity contribution in [3.05, 3.63) is 34.3 Å². The van der Waals surface area contributed by atoms with E-state index in [1.54, 1.807) is 12.1 Å². The molecule has 13 heavy (non-hydrogen) atoms. The van der Waals surface area contributed by atoms with Gasteiger partial charge in [0.25, 0.3) is 5.24 Å². The normalized spacial score (nSPS) is 10.5. The average molecular weight is 217 g/mol. The van der Waals surface area contributed by atoms with E-state index >= 15 is 0 Å². The first-order valence-electron chi connectivity index (χ1n) is 4.02. The Labute approximate surface area is 87.7 Å². The maximum absolute atomic E-state index is 10.9. The Hall–Kier alpha value is -0.530. The van der Waals surface area contributed by atoms with Crippen molar-refractivity contribution < 1.29 is 4.79 Å². The maximum atomic E-state index is 10.9. The molecule has 0 amide bonds. The fourth-order valence-electron chi connectivity index (χ4n) is 1.15. The quantitative estimate of drug-likeness (QED) is 0.687. The van der Waals surface area contributed by atoms with E-state index in [0.29, 0.717) is 16.5 Å². The Balaban J connectivity index is 3.26. The van der Waals surface area contributed by atoms with Gasteiger partial charge in [0, 0.05) is 0 Å². The lowest BCUT2D eigenvalue weighted by Gasteiger charge is -2.09. The highest BCUT2D eigenvalue weighted by molar-refractivity contribution is 6.68. The van der Waals surface area contributed by atoms with Crippen molar-refractivity contribution in [2.45, 2.75) is 19.8 Å². The maximum Gasteiger partial charge on any atom is 0.253 e. The number of carbonyl (C=O) groups is 1. The molecule has 70 valence electrons. The Morgan fingerprint density at radius 3 is 2.46 bits per heavy atom. The van der Waals surface area contributed by atoms with Gasteiger partial charge in [-0.15, -0.1) is 0 Å². The Kier molecular flexibility index (Phi) is 3.34. The van der Waals surface area contributed by atoms with Crippen molar-refractivity contribution in [1.82, 2.24) is 0 Å². The molecular weight excluding hydrogens is 207 g/mol.